The van der Waals surface area contributed by atoms with Crippen molar-refractivity contribution >= 4 is 6.29 Å². The Bertz CT molecular complexity index is 356. The zero-order valence-corrected chi connectivity index (χ0v) is 9.44. The maximum atomic E-state index is 11.0. The smallest absolute Gasteiger partial charge is 0.123 e. The highest BCUT2D eigenvalue weighted by molar-refractivity contribution is 5.57. The van der Waals surface area contributed by atoms with Crippen LogP contribution in [0, 0.1) is 11.8 Å². The SMILES string of the molecule is CCC1Cc2ccccc2C1C(C)C=O. The first-order chi connectivity index (χ1) is 7.27. The molecule has 0 fully saturated rings. The van der Waals surface area contributed by atoms with E-state index in [1.54, 1.807) is 0 Å². The summed E-state index contributed by atoms with van der Waals surface area (Å²) < 4.78 is 0. The van der Waals surface area contributed by atoms with Gasteiger partial charge in [0.05, 0.1) is 0 Å². The molecule has 0 saturated heterocycles. The summed E-state index contributed by atoms with van der Waals surface area (Å²) in [5.74, 6) is 1.25. The summed E-state index contributed by atoms with van der Waals surface area (Å²) in [6, 6.07) is 8.58. The Hall–Kier alpha value is -1.11. The van der Waals surface area contributed by atoms with E-state index in [1.807, 2.05) is 6.92 Å². The molecule has 0 aliphatic heterocycles. The lowest BCUT2D eigenvalue weighted by Crippen LogP contribution is -2.16. The average molecular weight is 202 g/mol. The molecule has 1 aromatic rings. The molecule has 0 spiro atoms. The van der Waals surface area contributed by atoms with E-state index < -0.39 is 0 Å². The van der Waals surface area contributed by atoms with Gasteiger partial charge in [0.25, 0.3) is 0 Å². The van der Waals surface area contributed by atoms with E-state index in [2.05, 4.69) is 31.2 Å². The predicted octanol–water partition coefficient (Wildman–Crippen LogP) is 3.19. The number of hydrogen-bond acceptors (Lipinski definition) is 1. The Morgan fingerprint density at radius 3 is 2.87 bits per heavy atom. The summed E-state index contributed by atoms with van der Waals surface area (Å²) in [4.78, 5) is 11.0. The lowest BCUT2D eigenvalue weighted by atomic mass is 9.82. The van der Waals surface area contributed by atoms with Crippen LogP contribution in [0.4, 0.5) is 0 Å². The standard InChI is InChI=1S/C14H18O/c1-3-11-8-12-6-4-5-7-13(12)14(11)10(2)9-15/h4-7,9-11,14H,3,8H2,1-2H3. The van der Waals surface area contributed by atoms with Crippen molar-refractivity contribution in [2.75, 3.05) is 0 Å². The van der Waals surface area contributed by atoms with Crippen molar-refractivity contribution in [3.05, 3.63) is 35.4 Å². The van der Waals surface area contributed by atoms with Crippen LogP contribution in [0.3, 0.4) is 0 Å². The van der Waals surface area contributed by atoms with Gasteiger partial charge >= 0.3 is 0 Å². The normalized spacial score (nSPS) is 26.0. The van der Waals surface area contributed by atoms with Crippen LogP contribution in [0.1, 0.15) is 37.3 Å². The predicted molar refractivity (Wildman–Crippen MR) is 61.9 cm³/mol. The van der Waals surface area contributed by atoms with E-state index in [9.17, 15) is 4.79 Å². The lowest BCUT2D eigenvalue weighted by molar-refractivity contribution is -0.111. The first kappa shape index (κ1) is 10.4. The number of benzene rings is 1. The van der Waals surface area contributed by atoms with Crippen molar-refractivity contribution in [3.63, 3.8) is 0 Å². The molecule has 3 unspecified atom stereocenters. The second-order valence-electron chi connectivity index (χ2n) is 4.59. The summed E-state index contributed by atoms with van der Waals surface area (Å²) >= 11 is 0. The average Bonchev–Trinajstić information content (AvgIpc) is 2.66. The molecule has 0 amide bonds. The fraction of sp³-hybridized carbons (Fsp3) is 0.500. The van der Waals surface area contributed by atoms with Crippen LogP contribution < -0.4 is 0 Å². The number of aldehydes is 1. The minimum absolute atomic E-state index is 0.151. The quantitative estimate of drug-likeness (QED) is 0.688. The molecular formula is C14H18O. The van der Waals surface area contributed by atoms with E-state index >= 15 is 0 Å². The van der Waals surface area contributed by atoms with Gasteiger partial charge in [-0.15, -0.1) is 0 Å². The van der Waals surface area contributed by atoms with Gasteiger partial charge in [-0.1, -0.05) is 44.5 Å². The molecule has 1 heteroatoms. The molecule has 0 radical (unpaired) electrons. The van der Waals surface area contributed by atoms with Gasteiger partial charge in [0.2, 0.25) is 0 Å². The molecule has 1 aliphatic carbocycles. The van der Waals surface area contributed by atoms with E-state index in [4.69, 9.17) is 0 Å². The van der Waals surface area contributed by atoms with Gasteiger partial charge in [-0.05, 0) is 29.4 Å². The summed E-state index contributed by atoms with van der Waals surface area (Å²) in [5.41, 5.74) is 2.85. The third-order valence-corrected chi connectivity index (χ3v) is 3.71. The Morgan fingerprint density at radius 1 is 1.47 bits per heavy atom. The van der Waals surface area contributed by atoms with Gasteiger partial charge in [-0.2, -0.15) is 0 Å². The highest BCUT2D eigenvalue weighted by atomic mass is 16.1. The first-order valence-electron chi connectivity index (χ1n) is 5.81. The van der Waals surface area contributed by atoms with Crippen LogP contribution in [-0.2, 0) is 11.2 Å². The third kappa shape index (κ3) is 1.71. The number of fused-ring (bicyclic) bond motifs is 1. The van der Waals surface area contributed by atoms with Crippen molar-refractivity contribution in [1.82, 2.24) is 0 Å². The summed E-state index contributed by atoms with van der Waals surface area (Å²) in [5, 5.41) is 0. The van der Waals surface area contributed by atoms with Crippen LogP contribution in [0.2, 0.25) is 0 Å². The Balaban J connectivity index is 2.37. The number of carbonyl (C=O) groups excluding carboxylic acids is 1. The van der Waals surface area contributed by atoms with E-state index in [0.717, 1.165) is 19.1 Å². The van der Waals surface area contributed by atoms with Crippen molar-refractivity contribution in [1.29, 1.82) is 0 Å². The Kier molecular flexibility index (Phi) is 2.90. The van der Waals surface area contributed by atoms with Gasteiger partial charge in [-0.3, -0.25) is 0 Å². The van der Waals surface area contributed by atoms with Crippen LogP contribution in [0.5, 0.6) is 0 Å². The zero-order valence-electron chi connectivity index (χ0n) is 9.44. The van der Waals surface area contributed by atoms with Crippen molar-refractivity contribution in [3.8, 4) is 0 Å². The largest absolute Gasteiger partial charge is 0.303 e. The molecule has 0 aromatic heterocycles. The fourth-order valence-corrected chi connectivity index (χ4v) is 2.90. The minimum Gasteiger partial charge on any atom is -0.303 e. The highest BCUT2D eigenvalue weighted by Gasteiger charge is 2.34. The molecule has 0 N–H and O–H groups in total. The number of rotatable bonds is 3. The van der Waals surface area contributed by atoms with Crippen LogP contribution in [-0.4, -0.2) is 6.29 Å². The third-order valence-electron chi connectivity index (χ3n) is 3.71. The van der Waals surface area contributed by atoms with Gasteiger partial charge in [0.15, 0.2) is 0 Å². The molecule has 0 saturated carbocycles. The second-order valence-corrected chi connectivity index (χ2v) is 4.59. The maximum Gasteiger partial charge on any atom is 0.123 e. The molecule has 1 aromatic carbocycles. The monoisotopic (exact) mass is 202 g/mol. The van der Waals surface area contributed by atoms with Crippen LogP contribution >= 0.6 is 0 Å². The molecule has 3 atom stereocenters. The first-order valence-corrected chi connectivity index (χ1v) is 5.81. The number of carbonyl (C=O) groups is 1. The van der Waals surface area contributed by atoms with Gasteiger partial charge < -0.3 is 4.79 Å². The van der Waals surface area contributed by atoms with Gasteiger partial charge in [-0.25, -0.2) is 0 Å². The molecule has 0 bridgehead atoms. The van der Waals surface area contributed by atoms with Gasteiger partial charge in [0, 0.05) is 5.92 Å². The second kappa shape index (κ2) is 4.18. The molecular weight excluding hydrogens is 184 g/mol. The van der Waals surface area contributed by atoms with Crippen LogP contribution in [0.15, 0.2) is 24.3 Å². The molecule has 1 nitrogen and oxygen atoms in total. The Morgan fingerprint density at radius 2 is 2.20 bits per heavy atom. The van der Waals surface area contributed by atoms with E-state index in [-0.39, 0.29) is 5.92 Å². The van der Waals surface area contributed by atoms with Gasteiger partial charge in [0.1, 0.15) is 6.29 Å². The maximum absolute atomic E-state index is 11.0. The fourth-order valence-electron chi connectivity index (χ4n) is 2.90. The molecule has 15 heavy (non-hydrogen) atoms. The Labute approximate surface area is 91.5 Å². The topological polar surface area (TPSA) is 17.1 Å². The molecule has 80 valence electrons. The van der Waals surface area contributed by atoms with Crippen molar-refractivity contribution < 1.29 is 4.79 Å². The van der Waals surface area contributed by atoms with E-state index in [0.29, 0.717) is 11.8 Å². The van der Waals surface area contributed by atoms with E-state index in [1.165, 1.54) is 11.1 Å². The zero-order chi connectivity index (χ0) is 10.8. The van der Waals surface area contributed by atoms with Crippen LogP contribution in [0.25, 0.3) is 0 Å². The number of hydrogen-bond donors (Lipinski definition) is 0. The molecule has 2 rings (SSSR count). The minimum atomic E-state index is 0.151. The lowest BCUT2D eigenvalue weighted by Gasteiger charge is -2.21. The summed E-state index contributed by atoms with van der Waals surface area (Å²) in [6.45, 7) is 4.27. The summed E-state index contributed by atoms with van der Waals surface area (Å²) in [6.07, 6.45) is 3.42. The molecule has 0 heterocycles. The van der Waals surface area contributed by atoms with Crippen molar-refractivity contribution in [2.45, 2.75) is 32.6 Å². The van der Waals surface area contributed by atoms with Crippen molar-refractivity contribution in [2.24, 2.45) is 11.8 Å². The highest BCUT2D eigenvalue weighted by Crippen LogP contribution is 2.43. The summed E-state index contributed by atoms with van der Waals surface area (Å²) in [7, 11) is 0. The molecule has 1 aliphatic rings.